The fourth-order valence-corrected chi connectivity index (χ4v) is 15.2. The zero-order valence-corrected chi connectivity index (χ0v) is 44.9. The van der Waals surface area contributed by atoms with Crippen LogP contribution >= 0.6 is 11.3 Å². The van der Waals surface area contributed by atoms with Crippen molar-refractivity contribution in [3.05, 3.63) is 161 Å². The second-order valence-electron chi connectivity index (χ2n) is 25.9. The van der Waals surface area contributed by atoms with E-state index in [2.05, 4.69) is 225 Å². The van der Waals surface area contributed by atoms with E-state index in [4.69, 9.17) is 0 Å². The van der Waals surface area contributed by atoms with E-state index in [1.165, 1.54) is 119 Å². The van der Waals surface area contributed by atoms with Crippen molar-refractivity contribution in [2.24, 2.45) is 34.0 Å². The van der Waals surface area contributed by atoms with Gasteiger partial charge >= 0.3 is 0 Å². The molecule has 0 N–H and O–H groups in total. The Morgan fingerprint density at radius 3 is 1.97 bits per heavy atom. The van der Waals surface area contributed by atoms with Crippen molar-refractivity contribution in [2.75, 3.05) is 14.7 Å². The zero-order chi connectivity index (χ0) is 48.9. The van der Waals surface area contributed by atoms with Crippen molar-refractivity contribution in [1.29, 1.82) is 0 Å². The molecule has 0 saturated heterocycles. The molecular formula is C65H74BN3S. The lowest BCUT2D eigenvalue weighted by Gasteiger charge is -2.53. The third-order valence-corrected chi connectivity index (χ3v) is 19.7. The van der Waals surface area contributed by atoms with Gasteiger partial charge in [0.1, 0.15) is 0 Å². The van der Waals surface area contributed by atoms with Crippen LogP contribution in [0.5, 0.6) is 0 Å². The van der Waals surface area contributed by atoms with Crippen molar-refractivity contribution in [2.45, 2.75) is 139 Å². The van der Waals surface area contributed by atoms with Gasteiger partial charge in [0.2, 0.25) is 0 Å². The zero-order valence-electron chi connectivity index (χ0n) is 44.1. The molecule has 3 atom stereocenters. The van der Waals surface area contributed by atoms with Crippen molar-refractivity contribution in [3.63, 3.8) is 0 Å². The largest absolute Gasteiger partial charge is 0.311 e. The lowest BCUT2D eigenvalue weighted by molar-refractivity contribution is 0.0321. The molecule has 12 rings (SSSR count). The topological polar surface area (TPSA) is 9.72 Å². The van der Waals surface area contributed by atoms with E-state index in [9.17, 15) is 0 Å². The molecule has 1 saturated carbocycles. The molecule has 3 nitrogen and oxygen atoms in total. The number of fused-ring (bicyclic) bond motifs is 8. The molecule has 3 heterocycles. The Morgan fingerprint density at radius 2 is 1.31 bits per heavy atom. The van der Waals surface area contributed by atoms with Crippen LogP contribution in [0.15, 0.2) is 150 Å². The summed E-state index contributed by atoms with van der Waals surface area (Å²) >= 11 is 1.98. The van der Waals surface area contributed by atoms with Gasteiger partial charge in [0, 0.05) is 44.5 Å². The maximum atomic E-state index is 2.80. The maximum absolute atomic E-state index is 2.80. The number of nitrogens with zero attached hydrogens (tertiary/aromatic N) is 3. The maximum Gasteiger partial charge on any atom is 0.254 e. The normalized spacial score (nSPS) is 24.3. The van der Waals surface area contributed by atoms with Gasteiger partial charge in [-0.1, -0.05) is 155 Å². The molecule has 7 aliphatic rings. The number of benzene rings is 4. The molecular weight excluding hydrogens is 866 g/mol. The van der Waals surface area contributed by atoms with Crippen molar-refractivity contribution >= 4 is 78.0 Å². The SMILES string of the molecule is CC1=CC2C(C=C1N1c3cc4c(cc3B3c5c1cc(N(C1=CCCC=C1)c1ccccc1)cc5N(C1=CCC(C(C)(C)C)C=C1)c1sc5ccccc5c13)C(C)(C)CCC4(C)C)C(C)(C)CCC2(C)C. The third kappa shape index (κ3) is 7.09. The van der Waals surface area contributed by atoms with Crippen molar-refractivity contribution < 1.29 is 0 Å². The monoisotopic (exact) mass is 940 g/mol. The molecule has 4 aromatic carbocycles. The van der Waals surface area contributed by atoms with Gasteiger partial charge in [-0.3, -0.25) is 0 Å². The minimum Gasteiger partial charge on any atom is -0.311 e. The van der Waals surface area contributed by atoms with Gasteiger partial charge in [0.15, 0.2) is 0 Å². The first kappa shape index (κ1) is 45.9. The number of hydrogen-bond donors (Lipinski definition) is 0. The van der Waals surface area contributed by atoms with Gasteiger partial charge in [0.05, 0.1) is 10.7 Å². The third-order valence-electron chi connectivity index (χ3n) is 18.5. The number of para-hydroxylation sites is 1. The number of thiophene rings is 1. The first-order chi connectivity index (χ1) is 33.2. The average Bonchev–Trinajstić information content (AvgIpc) is 3.71. The molecule has 0 spiro atoms. The Morgan fingerprint density at radius 1 is 0.657 bits per heavy atom. The fourth-order valence-electron chi connectivity index (χ4n) is 13.9. The summed E-state index contributed by atoms with van der Waals surface area (Å²) in [6.07, 6.45) is 28.2. The average molecular weight is 940 g/mol. The quantitative estimate of drug-likeness (QED) is 0.163. The summed E-state index contributed by atoms with van der Waals surface area (Å²) in [5.41, 5.74) is 19.7. The minimum absolute atomic E-state index is 0.0413. The minimum atomic E-state index is 0.0413. The summed E-state index contributed by atoms with van der Waals surface area (Å²) in [4.78, 5) is 8.06. The van der Waals surface area contributed by atoms with E-state index in [1.54, 1.807) is 0 Å². The second kappa shape index (κ2) is 15.9. The van der Waals surface area contributed by atoms with Crippen molar-refractivity contribution in [1.82, 2.24) is 0 Å². The van der Waals surface area contributed by atoms with Crippen LogP contribution in [0.25, 0.3) is 10.1 Å². The highest BCUT2D eigenvalue weighted by Gasteiger charge is 2.51. The molecule has 5 heteroatoms. The Bertz CT molecular complexity index is 3170. The summed E-state index contributed by atoms with van der Waals surface area (Å²) in [7, 11) is 0. The molecule has 0 bridgehead atoms. The van der Waals surface area contributed by atoms with E-state index < -0.39 is 0 Å². The molecule has 0 radical (unpaired) electrons. The van der Waals surface area contributed by atoms with Crippen LogP contribution in [0.1, 0.15) is 139 Å². The molecule has 358 valence electrons. The smallest absolute Gasteiger partial charge is 0.254 e. The molecule has 2 aliphatic heterocycles. The van der Waals surface area contributed by atoms with Crippen LogP contribution in [-0.2, 0) is 10.8 Å². The van der Waals surface area contributed by atoms with Crippen LogP contribution < -0.4 is 31.1 Å². The van der Waals surface area contributed by atoms with E-state index >= 15 is 0 Å². The van der Waals surface area contributed by atoms with Gasteiger partial charge in [-0.25, -0.2) is 0 Å². The van der Waals surface area contributed by atoms with Crippen LogP contribution in [-0.4, -0.2) is 6.71 Å². The summed E-state index contributed by atoms with van der Waals surface area (Å²) in [5, 5.41) is 2.74. The molecule has 70 heavy (non-hydrogen) atoms. The molecule has 3 unspecified atom stereocenters. The van der Waals surface area contributed by atoms with Gasteiger partial charge in [0.25, 0.3) is 6.71 Å². The lowest BCUT2D eigenvalue weighted by Crippen LogP contribution is -2.62. The lowest BCUT2D eigenvalue weighted by atomic mass is 9.33. The highest BCUT2D eigenvalue weighted by atomic mass is 32.1. The van der Waals surface area contributed by atoms with Gasteiger partial charge < -0.3 is 14.7 Å². The van der Waals surface area contributed by atoms with Crippen molar-refractivity contribution in [3.8, 4) is 0 Å². The van der Waals surface area contributed by atoms with Crippen LogP contribution in [0, 0.1) is 34.0 Å². The highest BCUT2D eigenvalue weighted by Crippen LogP contribution is 2.58. The first-order valence-electron chi connectivity index (χ1n) is 26.7. The fraction of sp³-hybridized carbons (Fsp3) is 0.415. The summed E-state index contributed by atoms with van der Waals surface area (Å²) in [6.45, 7) is 29.8. The van der Waals surface area contributed by atoms with E-state index in [1.807, 2.05) is 11.3 Å². The van der Waals surface area contributed by atoms with Gasteiger partial charge in [-0.2, -0.15) is 0 Å². The summed E-state index contributed by atoms with van der Waals surface area (Å²) in [6, 6.07) is 31.1. The number of allylic oxidation sites excluding steroid dienone is 9. The Labute approximate surface area is 424 Å². The Balaban J connectivity index is 1.22. The van der Waals surface area contributed by atoms with Crippen LogP contribution in [0.2, 0.25) is 0 Å². The summed E-state index contributed by atoms with van der Waals surface area (Å²) in [5.74, 6) is 1.37. The van der Waals surface area contributed by atoms with Gasteiger partial charge in [-0.15, -0.1) is 11.3 Å². The molecule has 0 amide bonds. The standard InChI is InChI=1S/C65H74BN3S/c1-41-35-48-50(64(9,10)33-31-62(48,5)6)39-53(41)69-54-40-51-49(63(7,8)32-34-65(51,11)12)38-52(54)66-58-47-25-19-20-26-57(47)70-60(58)68(45-29-27-42(28-30-45)61(2,3)4)55-36-46(37-56(69)59(55)66)67(43-21-15-13-16-22-43)44-23-17-14-18-24-44/h13,15-17,19-27,29-30,35-40,42,48,50H,14,18,28,31-34H2,1-12H3. The molecule has 5 aliphatic carbocycles. The van der Waals surface area contributed by atoms with Crippen LogP contribution in [0.3, 0.4) is 0 Å². The number of rotatable bonds is 5. The van der Waals surface area contributed by atoms with E-state index in [-0.39, 0.29) is 33.8 Å². The second-order valence-corrected chi connectivity index (χ2v) is 27.0. The first-order valence-corrected chi connectivity index (χ1v) is 27.5. The number of anilines is 6. The Kier molecular flexibility index (Phi) is 10.4. The number of hydrogen-bond acceptors (Lipinski definition) is 4. The predicted octanol–water partition coefficient (Wildman–Crippen LogP) is 16.5. The Hall–Kier alpha value is -5.26. The molecule has 1 aromatic heterocycles. The van der Waals surface area contributed by atoms with E-state index in [0.29, 0.717) is 17.8 Å². The highest BCUT2D eigenvalue weighted by molar-refractivity contribution is 7.26. The molecule has 5 aromatic rings. The van der Waals surface area contributed by atoms with Crippen LogP contribution in [0.4, 0.5) is 33.4 Å². The van der Waals surface area contributed by atoms with E-state index in [0.717, 1.165) is 19.3 Å². The van der Waals surface area contributed by atoms with Gasteiger partial charge in [-0.05, 0) is 184 Å². The predicted molar refractivity (Wildman–Crippen MR) is 304 cm³/mol. The summed E-state index contributed by atoms with van der Waals surface area (Å²) < 4.78 is 1.36. The molecule has 1 fully saturated rings.